The van der Waals surface area contributed by atoms with Crippen molar-refractivity contribution < 1.29 is 0 Å². The molecule has 2 unspecified atom stereocenters. The maximum Gasteiger partial charge on any atom is 0.0758 e. The van der Waals surface area contributed by atoms with Crippen LogP contribution < -0.4 is 10.6 Å². The number of nitrogens with one attached hydrogen (secondary N) is 2. The highest BCUT2D eigenvalue weighted by molar-refractivity contribution is 5.76. The molecule has 0 spiro atoms. The standard InChI is InChI=1S/C28H24N2/c1-3-9-19(10-4-1)27-28(20-11-5-2-6-12-20)30-26-18-24-16-22-14-8-7-13-21(22)15-23(24)17-25(26)29-27/h1-14,17-18,27-30H,15-16H2. The fourth-order valence-electron chi connectivity index (χ4n) is 4.94. The Morgan fingerprint density at radius 2 is 0.867 bits per heavy atom. The van der Waals surface area contributed by atoms with Gasteiger partial charge < -0.3 is 10.6 Å². The highest BCUT2D eigenvalue weighted by atomic mass is 15.1. The number of benzene rings is 4. The van der Waals surface area contributed by atoms with E-state index < -0.39 is 0 Å². The van der Waals surface area contributed by atoms with Crippen LogP contribution in [0.4, 0.5) is 11.4 Å². The van der Waals surface area contributed by atoms with Gasteiger partial charge in [-0.05, 0) is 58.4 Å². The maximum absolute atomic E-state index is 3.87. The van der Waals surface area contributed by atoms with Crippen LogP contribution in [-0.2, 0) is 12.8 Å². The molecular formula is C28H24N2. The monoisotopic (exact) mass is 388 g/mol. The minimum absolute atomic E-state index is 0.176. The summed E-state index contributed by atoms with van der Waals surface area (Å²) in [5, 5.41) is 7.75. The summed E-state index contributed by atoms with van der Waals surface area (Å²) in [5.74, 6) is 0. The summed E-state index contributed by atoms with van der Waals surface area (Å²) in [6.07, 6.45) is 2.02. The van der Waals surface area contributed by atoms with E-state index in [2.05, 4.69) is 108 Å². The molecule has 0 fully saturated rings. The first kappa shape index (κ1) is 17.3. The summed E-state index contributed by atoms with van der Waals surface area (Å²) in [6, 6.07) is 35.4. The van der Waals surface area contributed by atoms with Crippen LogP contribution in [0.3, 0.4) is 0 Å². The molecule has 2 aliphatic rings. The predicted octanol–water partition coefficient (Wildman–Crippen LogP) is 6.50. The molecule has 0 saturated heterocycles. The number of rotatable bonds is 2. The second-order valence-electron chi connectivity index (χ2n) is 8.35. The Balaban J connectivity index is 1.43. The van der Waals surface area contributed by atoms with Crippen LogP contribution in [-0.4, -0.2) is 0 Å². The molecule has 1 aliphatic heterocycles. The van der Waals surface area contributed by atoms with Gasteiger partial charge in [-0.2, -0.15) is 0 Å². The Morgan fingerprint density at radius 3 is 1.30 bits per heavy atom. The van der Waals surface area contributed by atoms with Gasteiger partial charge in [-0.25, -0.2) is 0 Å². The van der Waals surface area contributed by atoms with Crippen molar-refractivity contribution in [2.24, 2.45) is 0 Å². The average molecular weight is 389 g/mol. The zero-order valence-electron chi connectivity index (χ0n) is 16.8. The van der Waals surface area contributed by atoms with Crippen molar-refractivity contribution in [2.45, 2.75) is 24.9 Å². The lowest BCUT2D eigenvalue weighted by atomic mass is 9.84. The summed E-state index contributed by atoms with van der Waals surface area (Å²) < 4.78 is 0. The highest BCUT2D eigenvalue weighted by Gasteiger charge is 2.31. The number of hydrogen-bond acceptors (Lipinski definition) is 2. The molecule has 0 saturated carbocycles. The van der Waals surface area contributed by atoms with E-state index in [0.717, 1.165) is 12.8 Å². The molecule has 2 atom stereocenters. The van der Waals surface area contributed by atoms with Crippen LogP contribution in [0.25, 0.3) is 0 Å². The Hall–Kier alpha value is -3.52. The van der Waals surface area contributed by atoms with Gasteiger partial charge in [-0.1, -0.05) is 84.9 Å². The first-order valence-electron chi connectivity index (χ1n) is 10.7. The molecule has 0 amide bonds. The van der Waals surface area contributed by atoms with E-state index >= 15 is 0 Å². The lowest BCUT2D eigenvalue weighted by Crippen LogP contribution is -2.30. The van der Waals surface area contributed by atoms with Crippen LogP contribution in [0.15, 0.2) is 97.1 Å². The molecule has 6 rings (SSSR count). The molecule has 0 aromatic heterocycles. The van der Waals surface area contributed by atoms with Crippen molar-refractivity contribution in [3.05, 3.63) is 130 Å². The fraction of sp³-hybridized carbons (Fsp3) is 0.143. The van der Waals surface area contributed by atoms with E-state index in [4.69, 9.17) is 0 Å². The van der Waals surface area contributed by atoms with Gasteiger partial charge in [0, 0.05) is 0 Å². The normalized spacial score (nSPS) is 18.9. The summed E-state index contributed by atoms with van der Waals surface area (Å²) in [7, 11) is 0. The lowest BCUT2D eigenvalue weighted by molar-refractivity contribution is 0.636. The topological polar surface area (TPSA) is 24.1 Å². The molecular weight excluding hydrogens is 364 g/mol. The zero-order chi connectivity index (χ0) is 19.9. The minimum atomic E-state index is 0.176. The first-order chi connectivity index (χ1) is 14.8. The van der Waals surface area contributed by atoms with Crippen LogP contribution >= 0.6 is 0 Å². The number of hydrogen-bond donors (Lipinski definition) is 2. The van der Waals surface area contributed by atoms with Crippen LogP contribution in [0.5, 0.6) is 0 Å². The summed E-state index contributed by atoms with van der Waals surface area (Å²) in [5.41, 5.74) is 10.8. The average Bonchev–Trinajstić information content (AvgIpc) is 2.81. The molecule has 0 bridgehead atoms. The van der Waals surface area contributed by atoms with Crippen molar-refractivity contribution in [3.63, 3.8) is 0 Å². The smallest absolute Gasteiger partial charge is 0.0758 e. The third-order valence-electron chi connectivity index (χ3n) is 6.49. The Morgan fingerprint density at radius 1 is 0.467 bits per heavy atom. The van der Waals surface area contributed by atoms with Crippen molar-refractivity contribution in [1.82, 2.24) is 0 Å². The van der Waals surface area contributed by atoms with Gasteiger partial charge >= 0.3 is 0 Å². The number of fused-ring (bicyclic) bond motifs is 3. The molecule has 1 heterocycles. The van der Waals surface area contributed by atoms with E-state index in [1.807, 2.05) is 0 Å². The molecule has 30 heavy (non-hydrogen) atoms. The van der Waals surface area contributed by atoms with E-state index in [1.54, 1.807) is 0 Å². The summed E-state index contributed by atoms with van der Waals surface area (Å²) in [6.45, 7) is 0. The molecule has 1 aliphatic carbocycles. The SMILES string of the molecule is c1ccc(C2Nc3cc4c(cc3NC2c2ccccc2)Cc2ccccc2C4)cc1. The van der Waals surface area contributed by atoms with E-state index in [1.165, 1.54) is 44.8 Å². The van der Waals surface area contributed by atoms with Gasteiger partial charge in [0.2, 0.25) is 0 Å². The van der Waals surface area contributed by atoms with Crippen molar-refractivity contribution in [3.8, 4) is 0 Å². The van der Waals surface area contributed by atoms with Gasteiger partial charge in [0.1, 0.15) is 0 Å². The van der Waals surface area contributed by atoms with Gasteiger partial charge in [-0.3, -0.25) is 0 Å². The van der Waals surface area contributed by atoms with Crippen molar-refractivity contribution >= 4 is 11.4 Å². The molecule has 2 heteroatoms. The molecule has 146 valence electrons. The van der Waals surface area contributed by atoms with Crippen molar-refractivity contribution in [2.75, 3.05) is 10.6 Å². The van der Waals surface area contributed by atoms with Crippen LogP contribution in [0.1, 0.15) is 45.5 Å². The van der Waals surface area contributed by atoms with Gasteiger partial charge in [0.25, 0.3) is 0 Å². The Kier molecular flexibility index (Phi) is 4.09. The Bertz CT molecular complexity index is 1100. The van der Waals surface area contributed by atoms with Gasteiger partial charge in [-0.15, -0.1) is 0 Å². The predicted molar refractivity (Wildman–Crippen MR) is 124 cm³/mol. The summed E-state index contributed by atoms with van der Waals surface area (Å²) >= 11 is 0. The quantitative estimate of drug-likeness (QED) is 0.361. The molecule has 4 aromatic rings. The minimum Gasteiger partial charge on any atom is -0.374 e. The highest BCUT2D eigenvalue weighted by Crippen LogP contribution is 2.44. The summed E-state index contributed by atoms with van der Waals surface area (Å²) in [4.78, 5) is 0. The Labute approximate surface area is 177 Å². The van der Waals surface area contributed by atoms with Gasteiger partial charge in [0.05, 0.1) is 23.5 Å². The van der Waals surface area contributed by atoms with Crippen molar-refractivity contribution in [1.29, 1.82) is 0 Å². The maximum atomic E-state index is 3.87. The molecule has 2 N–H and O–H groups in total. The molecule has 4 aromatic carbocycles. The molecule has 2 nitrogen and oxygen atoms in total. The van der Waals surface area contributed by atoms with Crippen LogP contribution in [0, 0.1) is 0 Å². The third-order valence-corrected chi connectivity index (χ3v) is 6.49. The molecule has 0 radical (unpaired) electrons. The first-order valence-corrected chi connectivity index (χ1v) is 10.7. The van der Waals surface area contributed by atoms with Gasteiger partial charge in [0.15, 0.2) is 0 Å². The van der Waals surface area contributed by atoms with E-state index in [-0.39, 0.29) is 12.1 Å². The largest absolute Gasteiger partial charge is 0.374 e. The number of anilines is 2. The fourth-order valence-corrected chi connectivity index (χ4v) is 4.94. The van der Waals surface area contributed by atoms with Crippen LogP contribution in [0.2, 0.25) is 0 Å². The lowest BCUT2D eigenvalue weighted by Gasteiger charge is -2.38. The second-order valence-corrected chi connectivity index (χ2v) is 8.35. The zero-order valence-corrected chi connectivity index (χ0v) is 16.8. The second kappa shape index (κ2) is 7.07. The third kappa shape index (κ3) is 2.96. The van der Waals surface area contributed by atoms with E-state index in [0.29, 0.717) is 0 Å². The van der Waals surface area contributed by atoms with E-state index in [9.17, 15) is 0 Å².